The Hall–Kier alpha value is -1.39. The SMILES string of the molecule is O=C(NC1CCCCC1)c1ccc(C2ON2C2CCCCC2)cc1. The van der Waals surface area contributed by atoms with Gasteiger partial charge in [-0.1, -0.05) is 50.7 Å². The highest BCUT2D eigenvalue weighted by atomic mass is 16.8. The minimum atomic E-state index is 0.0642. The van der Waals surface area contributed by atoms with Crippen molar-refractivity contribution >= 4 is 5.91 Å². The molecule has 130 valence electrons. The number of hydroxylamine groups is 2. The molecule has 2 unspecified atom stereocenters. The largest absolute Gasteiger partial charge is 0.349 e. The molecule has 1 aromatic carbocycles. The monoisotopic (exact) mass is 328 g/mol. The van der Waals surface area contributed by atoms with Crippen molar-refractivity contribution in [2.75, 3.05) is 0 Å². The van der Waals surface area contributed by atoms with Crippen LogP contribution >= 0.6 is 0 Å². The van der Waals surface area contributed by atoms with Gasteiger partial charge >= 0.3 is 0 Å². The van der Waals surface area contributed by atoms with E-state index in [9.17, 15) is 4.79 Å². The molecular weight excluding hydrogens is 300 g/mol. The van der Waals surface area contributed by atoms with Crippen LogP contribution in [0.5, 0.6) is 0 Å². The van der Waals surface area contributed by atoms with Gasteiger partial charge in [0.05, 0.1) is 0 Å². The zero-order chi connectivity index (χ0) is 16.4. The van der Waals surface area contributed by atoms with Crippen LogP contribution in [0.4, 0.5) is 0 Å². The van der Waals surface area contributed by atoms with Crippen LogP contribution in [0.2, 0.25) is 0 Å². The van der Waals surface area contributed by atoms with Crippen LogP contribution in [0, 0.1) is 0 Å². The predicted molar refractivity (Wildman–Crippen MR) is 93.3 cm³/mol. The summed E-state index contributed by atoms with van der Waals surface area (Å²) in [5.74, 6) is 0.0642. The van der Waals surface area contributed by atoms with Crippen molar-refractivity contribution < 1.29 is 9.63 Å². The van der Waals surface area contributed by atoms with Crippen LogP contribution in [0.1, 0.15) is 86.4 Å². The Labute approximate surface area is 144 Å². The van der Waals surface area contributed by atoms with Crippen LogP contribution in [0.25, 0.3) is 0 Å². The van der Waals surface area contributed by atoms with E-state index in [2.05, 4.69) is 10.4 Å². The molecular formula is C20H28N2O2. The Bertz CT molecular complexity index is 560. The second-order valence-corrected chi connectivity index (χ2v) is 7.54. The molecule has 1 aromatic rings. The fourth-order valence-electron chi connectivity index (χ4n) is 4.22. The average molecular weight is 328 g/mol. The van der Waals surface area contributed by atoms with Gasteiger partial charge in [0.25, 0.3) is 5.91 Å². The predicted octanol–water partition coefficient (Wildman–Crippen LogP) is 4.33. The molecule has 0 bridgehead atoms. The molecule has 1 heterocycles. The molecule has 0 aromatic heterocycles. The summed E-state index contributed by atoms with van der Waals surface area (Å²) in [6.07, 6.45) is 12.6. The molecule has 4 heteroatoms. The highest BCUT2D eigenvalue weighted by Crippen LogP contribution is 2.42. The zero-order valence-corrected chi connectivity index (χ0v) is 14.4. The van der Waals surface area contributed by atoms with Crippen molar-refractivity contribution in [2.45, 2.75) is 82.5 Å². The molecule has 4 rings (SSSR count). The Morgan fingerprint density at radius 2 is 1.54 bits per heavy atom. The molecule has 2 aliphatic carbocycles. The molecule has 24 heavy (non-hydrogen) atoms. The Balaban J connectivity index is 1.32. The molecule has 0 radical (unpaired) electrons. The topological polar surface area (TPSA) is 44.6 Å². The van der Waals surface area contributed by atoms with Gasteiger partial charge in [-0.25, -0.2) is 0 Å². The summed E-state index contributed by atoms with van der Waals surface area (Å²) in [5, 5.41) is 5.33. The van der Waals surface area contributed by atoms with Crippen LogP contribution in [0.15, 0.2) is 24.3 Å². The van der Waals surface area contributed by atoms with Gasteiger partial charge in [-0.3, -0.25) is 9.63 Å². The van der Waals surface area contributed by atoms with Crippen molar-refractivity contribution in [1.29, 1.82) is 0 Å². The number of nitrogens with one attached hydrogen (secondary N) is 1. The van der Waals surface area contributed by atoms with Crippen LogP contribution in [-0.2, 0) is 4.84 Å². The smallest absolute Gasteiger partial charge is 0.251 e. The Kier molecular flexibility index (Phi) is 4.86. The van der Waals surface area contributed by atoms with E-state index in [0.717, 1.165) is 24.0 Å². The number of benzene rings is 1. The van der Waals surface area contributed by atoms with Gasteiger partial charge in [0.2, 0.25) is 0 Å². The maximum atomic E-state index is 12.4. The van der Waals surface area contributed by atoms with Crippen molar-refractivity contribution in [2.24, 2.45) is 0 Å². The fourth-order valence-corrected chi connectivity index (χ4v) is 4.22. The first-order valence-corrected chi connectivity index (χ1v) is 9.67. The first kappa shape index (κ1) is 16.1. The number of amides is 1. The van der Waals surface area contributed by atoms with Gasteiger partial charge in [0.15, 0.2) is 6.23 Å². The van der Waals surface area contributed by atoms with E-state index in [1.54, 1.807) is 0 Å². The molecule has 1 amide bonds. The van der Waals surface area contributed by atoms with Crippen LogP contribution in [0.3, 0.4) is 0 Å². The van der Waals surface area contributed by atoms with Crippen molar-refractivity contribution in [3.63, 3.8) is 0 Å². The number of nitrogens with zero attached hydrogens (tertiary/aromatic N) is 1. The molecule has 1 N–H and O–H groups in total. The summed E-state index contributed by atoms with van der Waals surface area (Å²) in [5.41, 5.74) is 1.92. The van der Waals surface area contributed by atoms with E-state index in [-0.39, 0.29) is 12.1 Å². The molecule has 1 aliphatic heterocycles. The number of hydrogen-bond donors (Lipinski definition) is 1. The summed E-state index contributed by atoms with van der Waals surface area (Å²) >= 11 is 0. The first-order chi connectivity index (χ1) is 11.8. The Morgan fingerprint density at radius 1 is 0.917 bits per heavy atom. The lowest BCUT2D eigenvalue weighted by molar-refractivity contribution is 0.0927. The third-order valence-corrected chi connectivity index (χ3v) is 5.74. The van der Waals surface area contributed by atoms with Crippen molar-refractivity contribution in [3.05, 3.63) is 35.4 Å². The number of rotatable bonds is 4. The molecule has 3 fully saturated rings. The van der Waals surface area contributed by atoms with Crippen LogP contribution < -0.4 is 5.32 Å². The van der Waals surface area contributed by atoms with Crippen molar-refractivity contribution in [3.8, 4) is 0 Å². The molecule has 2 saturated carbocycles. The lowest BCUT2D eigenvalue weighted by Gasteiger charge is -2.22. The fraction of sp³-hybridized carbons (Fsp3) is 0.650. The summed E-state index contributed by atoms with van der Waals surface area (Å²) in [7, 11) is 0. The average Bonchev–Trinajstić information content (AvgIpc) is 3.44. The van der Waals surface area contributed by atoms with Gasteiger partial charge in [0.1, 0.15) is 0 Å². The second-order valence-electron chi connectivity index (χ2n) is 7.54. The maximum absolute atomic E-state index is 12.4. The minimum absolute atomic E-state index is 0.0642. The second kappa shape index (κ2) is 7.24. The van der Waals surface area contributed by atoms with Gasteiger partial charge < -0.3 is 5.32 Å². The first-order valence-electron chi connectivity index (χ1n) is 9.67. The van der Waals surface area contributed by atoms with Crippen LogP contribution in [-0.4, -0.2) is 23.1 Å². The van der Waals surface area contributed by atoms with E-state index >= 15 is 0 Å². The highest BCUT2D eigenvalue weighted by molar-refractivity contribution is 5.94. The summed E-state index contributed by atoms with van der Waals surface area (Å²) < 4.78 is 0. The van der Waals surface area contributed by atoms with E-state index in [1.165, 1.54) is 51.4 Å². The van der Waals surface area contributed by atoms with Gasteiger partial charge in [-0.2, -0.15) is 0 Å². The summed E-state index contributed by atoms with van der Waals surface area (Å²) in [6.45, 7) is 0. The quantitative estimate of drug-likeness (QED) is 0.837. The number of carbonyl (C=O) groups excluding carboxylic acids is 1. The molecule has 4 nitrogen and oxygen atoms in total. The highest BCUT2D eigenvalue weighted by Gasteiger charge is 2.43. The summed E-state index contributed by atoms with van der Waals surface area (Å²) in [6, 6.07) is 8.91. The Morgan fingerprint density at radius 3 is 2.21 bits per heavy atom. The third kappa shape index (κ3) is 3.65. The van der Waals surface area contributed by atoms with E-state index < -0.39 is 0 Å². The maximum Gasteiger partial charge on any atom is 0.251 e. The molecule has 0 spiro atoms. The third-order valence-electron chi connectivity index (χ3n) is 5.74. The summed E-state index contributed by atoms with van der Waals surface area (Å²) in [4.78, 5) is 18.2. The van der Waals surface area contributed by atoms with Crippen molar-refractivity contribution in [1.82, 2.24) is 10.4 Å². The zero-order valence-electron chi connectivity index (χ0n) is 14.4. The lowest BCUT2D eigenvalue weighted by atomic mass is 9.95. The molecule has 2 atom stereocenters. The normalized spacial score (nSPS) is 28.5. The minimum Gasteiger partial charge on any atom is -0.349 e. The number of hydrogen-bond acceptors (Lipinski definition) is 3. The lowest BCUT2D eigenvalue weighted by Crippen LogP contribution is -2.36. The standard InChI is InChI=1S/C20H28N2O2/c23-19(21-17-7-3-1-4-8-17)15-11-13-16(14-12-15)20-22(24-20)18-9-5-2-6-10-18/h11-14,17-18,20H,1-10H2,(H,21,23). The van der Waals surface area contributed by atoms with Gasteiger partial charge in [-0.05, 0) is 43.4 Å². The molecule has 3 aliphatic rings. The molecule has 1 saturated heterocycles. The van der Waals surface area contributed by atoms with E-state index in [4.69, 9.17) is 4.84 Å². The van der Waals surface area contributed by atoms with Gasteiger partial charge in [0, 0.05) is 17.6 Å². The van der Waals surface area contributed by atoms with E-state index in [1.807, 2.05) is 24.3 Å². The van der Waals surface area contributed by atoms with Gasteiger partial charge in [-0.15, -0.1) is 5.06 Å². The van der Waals surface area contributed by atoms with E-state index in [0.29, 0.717) is 12.1 Å². The number of carbonyl (C=O) groups is 1.